The van der Waals surface area contributed by atoms with Crippen LogP contribution >= 0.6 is 0 Å². The number of carbonyl (C=O) groups excluding carboxylic acids is 1. The minimum Gasteiger partial charge on any atom is -0.338 e. The third-order valence-electron chi connectivity index (χ3n) is 5.37. The van der Waals surface area contributed by atoms with E-state index in [-0.39, 0.29) is 5.91 Å². The van der Waals surface area contributed by atoms with E-state index in [0.717, 1.165) is 50.0 Å². The number of allylic oxidation sites excluding steroid dienone is 1. The molecule has 0 spiro atoms. The number of nitrogens with zero attached hydrogens (tertiary/aromatic N) is 2. The van der Waals surface area contributed by atoms with Gasteiger partial charge in [-0.25, -0.2) is 0 Å². The molecule has 0 atom stereocenters. The molecule has 0 N–H and O–H groups in total. The molecule has 1 saturated heterocycles. The van der Waals surface area contributed by atoms with Gasteiger partial charge in [-0.2, -0.15) is 0 Å². The Morgan fingerprint density at radius 1 is 1.15 bits per heavy atom. The van der Waals surface area contributed by atoms with Crippen LogP contribution in [0.2, 0.25) is 0 Å². The van der Waals surface area contributed by atoms with E-state index >= 15 is 0 Å². The Hall–Kier alpha value is -1.61. The Balaban J connectivity index is 1.99. The summed E-state index contributed by atoms with van der Waals surface area (Å²) in [4.78, 5) is 17.4. The lowest BCUT2D eigenvalue weighted by Gasteiger charge is -2.24. The summed E-state index contributed by atoms with van der Waals surface area (Å²) in [6.07, 6.45) is 7.72. The topological polar surface area (TPSA) is 23.6 Å². The van der Waals surface area contributed by atoms with Crippen molar-refractivity contribution in [1.29, 1.82) is 0 Å². The fourth-order valence-electron chi connectivity index (χ4n) is 3.68. The van der Waals surface area contributed by atoms with E-state index < -0.39 is 0 Å². The minimum atomic E-state index is 0.159. The lowest BCUT2D eigenvalue weighted by molar-refractivity contribution is -0.126. The van der Waals surface area contributed by atoms with Crippen molar-refractivity contribution in [2.75, 3.05) is 32.7 Å². The molecule has 1 aromatic rings. The van der Waals surface area contributed by atoms with Gasteiger partial charge in [0, 0.05) is 25.7 Å². The summed E-state index contributed by atoms with van der Waals surface area (Å²) in [6, 6.07) is 8.69. The van der Waals surface area contributed by atoms with Gasteiger partial charge in [-0.3, -0.25) is 4.79 Å². The van der Waals surface area contributed by atoms with Crippen LogP contribution in [0.25, 0.3) is 5.57 Å². The molecule has 27 heavy (non-hydrogen) atoms. The molecule has 2 rings (SSSR count). The van der Waals surface area contributed by atoms with Crippen LogP contribution in [0, 0.1) is 5.92 Å². The van der Waals surface area contributed by atoms with Gasteiger partial charge in [0.1, 0.15) is 0 Å². The highest BCUT2D eigenvalue weighted by Gasteiger charge is 2.16. The average Bonchev–Trinajstić information content (AvgIpc) is 3.15. The van der Waals surface area contributed by atoms with E-state index in [1.807, 2.05) is 17.9 Å². The first kappa shape index (κ1) is 21.7. The van der Waals surface area contributed by atoms with Gasteiger partial charge in [0.25, 0.3) is 0 Å². The summed E-state index contributed by atoms with van der Waals surface area (Å²) >= 11 is 0. The summed E-state index contributed by atoms with van der Waals surface area (Å²) in [5, 5.41) is 0. The molecule has 150 valence electrons. The Morgan fingerprint density at radius 2 is 1.81 bits per heavy atom. The van der Waals surface area contributed by atoms with E-state index in [9.17, 15) is 4.79 Å². The summed E-state index contributed by atoms with van der Waals surface area (Å²) < 4.78 is 0. The normalized spacial score (nSPS) is 15.5. The predicted molar refractivity (Wildman–Crippen MR) is 116 cm³/mol. The standard InChI is InChI=1S/C24H38N2O/c1-5-6-15-26(17-16-25-13-7-8-14-25)24(27)19-21(4)23-11-9-22(10-12-23)18-20(2)3/h9-12,19-20H,5-8,13-18H2,1-4H3/b21-19+. The largest absolute Gasteiger partial charge is 0.338 e. The molecule has 1 aliphatic rings. The van der Waals surface area contributed by atoms with Crippen LogP contribution in [0.5, 0.6) is 0 Å². The zero-order valence-electron chi connectivity index (χ0n) is 17.8. The second-order valence-electron chi connectivity index (χ2n) is 8.35. The number of likely N-dealkylation sites (tertiary alicyclic amines) is 1. The van der Waals surface area contributed by atoms with Crippen molar-refractivity contribution in [2.24, 2.45) is 5.92 Å². The van der Waals surface area contributed by atoms with Gasteiger partial charge in [0.05, 0.1) is 0 Å². The molecular formula is C24H38N2O. The maximum atomic E-state index is 12.9. The molecule has 0 bridgehead atoms. The smallest absolute Gasteiger partial charge is 0.246 e. The highest BCUT2D eigenvalue weighted by atomic mass is 16.2. The minimum absolute atomic E-state index is 0.159. The lowest BCUT2D eigenvalue weighted by Crippen LogP contribution is -2.37. The number of amides is 1. The first-order valence-corrected chi connectivity index (χ1v) is 10.8. The highest BCUT2D eigenvalue weighted by molar-refractivity contribution is 5.94. The quantitative estimate of drug-likeness (QED) is 0.540. The molecule has 1 aromatic carbocycles. The molecule has 1 amide bonds. The first-order valence-electron chi connectivity index (χ1n) is 10.8. The number of rotatable bonds is 10. The van der Waals surface area contributed by atoms with E-state index in [0.29, 0.717) is 5.92 Å². The van der Waals surface area contributed by atoms with Crippen LogP contribution in [0.15, 0.2) is 30.3 Å². The van der Waals surface area contributed by atoms with Gasteiger partial charge < -0.3 is 9.80 Å². The summed E-state index contributed by atoms with van der Waals surface area (Å²) in [5.74, 6) is 0.822. The van der Waals surface area contributed by atoms with Gasteiger partial charge in [0.2, 0.25) is 5.91 Å². The van der Waals surface area contributed by atoms with Crippen LogP contribution in [0.1, 0.15) is 64.5 Å². The molecule has 0 unspecified atom stereocenters. The average molecular weight is 371 g/mol. The molecule has 1 aliphatic heterocycles. The van der Waals surface area contributed by atoms with E-state index in [1.54, 1.807) is 0 Å². The van der Waals surface area contributed by atoms with Crippen molar-refractivity contribution in [3.05, 3.63) is 41.5 Å². The Morgan fingerprint density at radius 3 is 2.41 bits per heavy atom. The third-order valence-corrected chi connectivity index (χ3v) is 5.37. The first-order chi connectivity index (χ1) is 13.0. The zero-order valence-corrected chi connectivity index (χ0v) is 17.8. The van der Waals surface area contributed by atoms with E-state index in [1.165, 1.54) is 31.5 Å². The van der Waals surface area contributed by atoms with Crippen molar-refractivity contribution in [3.63, 3.8) is 0 Å². The maximum Gasteiger partial charge on any atom is 0.246 e. The molecular weight excluding hydrogens is 332 g/mol. The fraction of sp³-hybridized carbons (Fsp3) is 0.625. The van der Waals surface area contributed by atoms with Crippen LogP contribution in [-0.2, 0) is 11.2 Å². The Labute approximate surface area is 166 Å². The summed E-state index contributed by atoms with van der Waals surface area (Å²) in [6.45, 7) is 13.8. The van der Waals surface area contributed by atoms with Gasteiger partial charge in [-0.1, -0.05) is 51.5 Å². The fourth-order valence-corrected chi connectivity index (χ4v) is 3.68. The van der Waals surface area contributed by atoms with Gasteiger partial charge in [-0.15, -0.1) is 0 Å². The van der Waals surface area contributed by atoms with Crippen LogP contribution in [-0.4, -0.2) is 48.4 Å². The number of hydrogen-bond donors (Lipinski definition) is 0. The van der Waals surface area contributed by atoms with Gasteiger partial charge in [0.15, 0.2) is 0 Å². The van der Waals surface area contributed by atoms with E-state index in [4.69, 9.17) is 0 Å². The maximum absolute atomic E-state index is 12.9. The summed E-state index contributed by atoms with van der Waals surface area (Å²) in [7, 11) is 0. The molecule has 0 aromatic heterocycles. The number of unbranched alkanes of at least 4 members (excludes halogenated alkanes) is 1. The Kier molecular flexibility index (Phi) is 9.06. The highest BCUT2D eigenvalue weighted by Crippen LogP contribution is 2.17. The molecule has 0 aliphatic carbocycles. The molecule has 0 saturated carbocycles. The van der Waals surface area contributed by atoms with Crippen molar-refractivity contribution in [1.82, 2.24) is 9.80 Å². The van der Waals surface area contributed by atoms with Crippen LogP contribution < -0.4 is 0 Å². The van der Waals surface area contributed by atoms with E-state index in [2.05, 4.69) is 49.9 Å². The van der Waals surface area contributed by atoms with Gasteiger partial charge in [-0.05, 0) is 68.3 Å². The van der Waals surface area contributed by atoms with Crippen molar-refractivity contribution in [2.45, 2.75) is 59.8 Å². The van der Waals surface area contributed by atoms with Crippen LogP contribution in [0.3, 0.4) is 0 Å². The second kappa shape index (κ2) is 11.3. The lowest BCUT2D eigenvalue weighted by atomic mass is 9.99. The monoisotopic (exact) mass is 370 g/mol. The van der Waals surface area contributed by atoms with Crippen molar-refractivity contribution < 1.29 is 4.79 Å². The molecule has 0 radical (unpaired) electrons. The molecule has 3 nitrogen and oxygen atoms in total. The number of carbonyl (C=O) groups is 1. The van der Waals surface area contributed by atoms with Crippen molar-refractivity contribution in [3.8, 4) is 0 Å². The second-order valence-corrected chi connectivity index (χ2v) is 8.35. The molecule has 1 fully saturated rings. The van der Waals surface area contributed by atoms with Crippen molar-refractivity contribution >= 4 is 11.5 Å². The zero-order chi connectivity index (χ0) is 19.6. The molecule has 1 heterocycles. The predicted octanol–water partition coefficient (Wildman–Crippen LogP) is 5.01. The number of hydrogen-bond acceptors (Lipinski definition) is 2. The molecule has 3 heteroatoms. The Bertz CT molecular complexity index is 597. The third kappa shape index (κ3) is 7.50. The van der Waals surface area contributed by atoms with Crippen LogP contribution in [0.4, 0.5) is 0 Å². The van der Waals surface area contributed by atoms with Gasteiger partial charge >= 0.3 is 0 Å². The summed E-state index contributed by atoms with van der Waals surface area (Å²) in [5.41, 5.74) is 3.56. The number of benzene rings is 1. The SMILES string of the molecule is CCCCN(CCN1CCCC1)C(=O)/C=C(\C)c1ccc(CC(C)C)cc1.